The molecule has 0 aliphatic heterocycles. The van der Waals surface area contributed by atoms with E-state index in [1.165, 1.54) is 12.1 Å². The molecule has 5 heteroatoms. The molecular formula is C18H11ClO4. The van der Waals surface area contributed by atoms with Gasteiger partial charge in [-0.15, -0.1) is 0 Å². The van der Waals surface area contributed by atoms with Crippen LogP contribution >= 0.6 is 11.6 Å². The van der Waals surface area contributed by atoms with Crippen molar-refractivity contribution in [2.24, 2.45) is 0 Å². The Morgan fingerprint density at radius 2 is 1.83 bits per heavy atom. The van der Waals surface area contributed by atoms with Crippen molar-refractivity contribution < 1.29 is 13.9 Å². The van der Waals surface area contributed by atoms with Crippen molar-refractivity contribution in [3.63, 3.8) is 0 Å². The van der Waals surface area contributed by atoms with E-state index in [0.29, 0.717) is 16.0 Å². The van der Waals surface area contributed by atoms with Crippen molar-refractivity contribution >= 4 is 34.6 Å². The van der Waals surface area contributed by atoms with E-state index in [2.05, 4.69) is 0 Å². The van der Waals surface area contributed by atoms with Gasteiger partial charge in [0.25, 0.3) is 0 Å². The minimum atomic E-state index is -0.697. The predicted octanol–water partition coefficient (Wildman–Crippen LogP) is 4.07. The van der Waals surface area contributed by atoms with Crippen molar-refractivity contribution in [2.45, 2.75) is 0 Å². The van der Waals surface area contributed by atoms with E-state index in [1.807, 2.05) is 0 Å². The molecule has 0 amide bonds. The Kier molecular flexibility index (Phi) is 4.26. The third-order valence-corrected chi connectivity index (χ3v) is 3.35. The molecule has 0 spiro atoms. The summed E-state index contributed by atoms with van der Waals surface area (Å²) in [5, 5.41) is 1.29. The van der Waals surface area contributed by atoms with Gasteiger partial charge in [0.2, 0.25) is 5.75 Å². The van der Waals surface area contributed by atoms with Crippen molar-refractivity contribution in [2.75, 3.05) is 0 Å². The Bertz CT molecular complexity index is 939. The van der Waals surface area contributed by atoms with E-state index < -0.39 is 11.6 Å². The normalized spacial score (nSPS) is 11.0. The van der Waals surface area contributed by atoms with Crippen LogP contribution in [0.2, 0.25) is 5.02 Å². The summed E-state index contributed by atoms with van der Waals surface area (Å²) in [5.41, 5.74) is 0.530. The Labute approximate surface area is 136 Å². The standard InChI is InChI=1S/C18H11ClO4/c19-14-8-5-12(6-9-14)7-10-17(20)22-16-11-13-3-1-2-4-15(13)23-18(16)21/h1-11H/b10-7+. The quantitative estimate of drug-likeness (QED) is 0.413. The number of rotatable bonds is 3. The summed E-state index contributed by atoms with van der Waals surface area (Å²) in [5.74, 6) is -0.808. The Morgan fingerprint density at radius 3 is 2.61 bits per heavy atom. The lowest BCUT2D eigenvalue weighted by atomic mass is 10.2. The molecule has 23 heavy (non-hydrogen) atoms. The summed E-state index contributed by atoms with van der Waals surface area (Å²) >= 11 is 5.79. The van der Waals surface area contributed by atoms with E-state index >= 15 is 0 Å². The van der Waals surface area contributed by atoms with E-state index in [-0.39, 0.29) is 5.75 Å². The number of benzene rings is 2. The largest absolute Gasteiger partial charge is 0.420 e. The minimum absolute atomic E-state index is 0.144. The molecule has 0 saturated carbocycles. The maximum Gasteiger partial charge on any atom is 0.379 e. The first kappa shape index (κ1) is 15.1. The van der Waals surface area contributed by atoms with Gasteiger partial charge in [-0.3, -0.25) is 0 Å². The minimum Gasteiger partial charge on any atom is -0.420 e. The number of fused-ring (bicyclic) bond motifs is 1. The molecule has 2 aromatic carbocycles. The number of hydrogen-bond donors (Lipinski definition) is 0. The molecule has 114 valence electrons. The van der Waals surface area contributed by atoms with Crippen LogP contribution in [0.5, 0.6) is 5.75 Å². The second-order valence-corrected chi connectivity index (χ2v) is 5.18. The lowest BCUT2D eigenvalue weighted by molar-refractivity contribution is -0.129. The number of para-hydroxylation sites is 1. The number of halogens is 1. The molecular weight excluding hydrogens is 316 g/mol. The highest BCUT2D eigenvalue weighted by atomic mass is 35.5. The summed E-state index contributed by atoms with van der Waals surface area (Å²) in [4.78, 5) is 23.6. The number of carbonyl (C=O) groups is 1. The van der Waals surface area contributed by atoms with Gasteiger partial charge in [0.05, 0.1) is 0 Å². The molecule has 0 bridgehead atoms. The van der Waals surface area contributed by atoms with E-state index in [9.17, 15) is 9.59 Å². The molecule has 0 N–H and O–H groups in total. The Hall–Kier alpha value is -2.85. The predicted molar refractivity (Wildman–Crippen MR) is 88.6 cm³/mol. The number of carbonyl (C=O) groups excluding carboxylic acids is 1. The molecule has 0 atom stereocenters. The lowest BCUT2D eigenvalue weighted by Gasteiger charge is -2.01. The molecule has 0 unspecified atom stereocenters. The number of hydrogen-bond acceptors (Lipinski definition) is 4. The third kappa shape index (κ3) is 3.67. The molecule has 1 aromatic heterocycles. The Balaban J connectivity index is 1.78. The van der Waals surface area contributed by atoms with Gasteiger partial charge in [-0.25, -0.2) is 9.59 Å². The molecule has 4 nitrogen and oxygen atoms in total. The summed E-state index contributed by atoms with van der Waals surface area (Å²) < 4.78 is 10.1. The van der Waals surface area contributed by atoms with E-state index in [4.69, 9.17) is 20.8 Å². The van der Waals surface area contributed by atoms with Crippen LogP contribution in [0.15, 0.2) is 69.9 Å². The maximum atomic E-state index is 11.8. The van der Waals surface area contributed by atoms with Crippen LogP contribution in [0.4, 0.5) is 0 Å². The topological polar surface area (TPSA) is 56.5 Å². The van der Waals surface area contributed by atoms with Crippen molar-refractivity contribution in [3.8, 4) is 5.75 Å². The summed E-state index contributed by atoms with van der Waals surface area (Å²) in [7, 11) is 0. The summed E-state index contributed by atoms with van der Waals surface area (Å²) in [6.07, 6.45) is 2.80. The lowest BCUT2D eigenvalue weighted by Crippen LogP contribution is -2.11. The van der Waals surface area contributed by atoms with Gasteiger partial charge in [-0.1, -0.05) is 41.9 Å². The van der Waals surface area contributed by atoms with Crippen LogP contribution in [-0.2, 0) is 4.79 Å². The first-order valence-corrected chi connectivity index (χ1v) is 7.18. The van der Waals surface area contributed by atoms with Crippen LogP contribution < -0.4 is 10.4 Å². The van der Waals surface area contributed by atoms with Crippen molar-refractivity contribution in [3.05, 3.63) is 81.7 Å². The van der Waals surface area contributed by atoms with Gasteiger partial charge in [0, 0.05) is 16.5 Å². The molecule has 0 saturated heterocycles. The molecule has 0 aliphatic carbocycles. The summed E-state index contributed by atoms with van der Waals surface area (Å²) in [6.45, 7) is 0. The molecule has 3 aromatic rings. The second-order valence-electron chi connectivity index (χ2n) is 4.74. The molecule has 1 heterocycles. The van der Waals surface area contributed by atoms with Gasteiger partial charge < -0.3 is 9.15 Å². The first-order valence-electron chi connectivity index (χ1n) is 6.80. The zero-order chi connectivity index (χ0) is 16.2. The van der Waals surface area contributed by atoms with E-state index in [1.54, 1.807) is 54.6 Å². The van der Waals surface area contributed by atoms with Gasteiger partial charge in [-0.2, -0.15) is 0 Å². The van der Waals surface area contributed by atoms with Crippen LogP contribution in [0.1, 0.15) is 5.56 Å². The highest BCUT2D eigenvalue weighted by Gasteiger charge is 2.09. The van der Waals surface area contributed by atoms with Crippen molar-refractivity contribution in [1.82, 2.24) is 0 Å². The van der Waals surface area contributed by atoms with Crippen molar-refractivity contribution in [1.29, 1.82) is 0 Å². The molecule has 0 aliphatic rings. The average Bonchev–Trinajstić information content (AvgIpc) is 2.55. The fourth-order valence-corrected chi connectivity index (χ4v) is 2.12. The fourth-order valence-electron chi connectivity index (χ4n) is 1.99. The van der Waals surface area contributed by atoms with Gasteiger partial charge in [0.15, 0.2) is 0 Å². The first-order chi connectivity index (χ1) is 11.1. The van der Waals surface area contributed by atoms with Crippen LogP contribution in [-0.4, -0.2) is 5.97 Å². The average molecular weight is 327 g/mol. The highest BCUT2D eigenvalue weighted by Crippen LogP contribution is 2.17. The SMILES string of the molecule is O=C(/C=C/c1ccc(Cl)cc1)Oc1cc2ccccc2oc1=O. The zero-order valence-corrected chi connectivity index (χ0v) is 12.6. The van der Waals surface area contributed by atoms with Gasteiger partial charge >= 0.3 is 11.6 Å². The molecule has 3 rings (SSSR count). The van der Waals surface area contributed by atoms with Crippen LogP contribution in [0.3, 0.4) is 0 Å². The van der Waals surface area contributed by atoms with Gasteiger partial charge in [0.1, 0.15) is 5.58 Å². The number of ether oxygens (including phenoxy) is 1. The summed E-state index contributed by atoms with van der Waals surface area (Å²) in [6, 6.07) is 15.4. The highest BCUT2D eigenvalue weighted by molar-refractivity contribution is 6.30. The van der Waals surface area contributed by atoms with Crippen LogP contribution in [0, 0.1) is 0 Å². The van der Waals surface area contributed by atoms with E-state index in [0.717, 1.165) is 5.56 Å². The molecule has 0 radical (unpaired) electrons. The third-order valence-electron chi connectivity index (χ3n) is 3.10. The van der Waals surface area contributed by atoms with Gasteiger partial charge in [-0.05, 0) is 35.9 Å². The zero-order valence-electron chi connectivity index (χ0n) is 11.9. The fraction of sp³-hybridized carbons (Fsp3) is 0. The molecule has 0 fully saturated rings. The smallest absolute Gasteiger partial charge is 0.379 e. The Morgan fingerprint density at radius 1 is 1.09 bits per heavy atom. The number of esters is 1. The maximum absolute atomic E-state index is 11.8. The second kappa shape index (κ2) is 6.50. The monoisotopic (exact) mass is 326 g/mol. The van der Waals surface area contributed by atoms with Crippen LogP contribution in [0.25, 0.3) is 17.0 Å².